The first-order chi connectivity index (χ1) is 18.3. The lowest BCUT2D eigenvalue weighted by Gasteiger charge is -2.40. The zero-order chi connectivity index (χ0) is 26.7. The Morgan fingerprint density at radius 1 is 1.03 bits per heavy atom. The van der Waals surface area contributed by atoms with E-state index >= 15 is 0 Å². The molecule has 2 aromatic carbocycles. The van der Waals surface area contributed by atoms with Crippen molar-refractivity contribution in [1.82, 2.24) is 4.90 Å². The summed E-state index contributed by atoms with van der Waals surface area (Å²) in [5.41, 5.74) is -1.79. The van der Waals surface area contributed by atoms with E-state index in [2.05, 4.69) is 0 Å². The van der Waals surface area contributed by atoms with Gasteiger partial charge in [0.2, 0.25) is 5.91 Å². The Labute approximate surface area is 221 Å². The van der Waals surface area contributed by atoms with Crippen LogP contribution in [0.3, 0.4) is 0 Å². The van der Waals surface area contributed by atoms with Crippen LogP contribution in [0.5, 0.6) is 0 Å². The van der Waals surface area contributed by atoms with Crippen LogP contribution >= 0.6 is 0 Å². The molecule has 2 amide bonds. The number of fused-ring (bicyclic) bond motifs is 3. The number of anilines is 1. The molecule has 1 spiro atoms. The number of likely N-dealkylation sites (tertiary alicyclic amines) is 1. The highest BCUT2D eigenvalue weighted by Crippen LogP contribution is 2.57. The molecule has 8 nitrogen and oxygen atoms in total. The predicted molar refractivity (Wildman–Crippen MR) is 141 cm³/mol. The molecule has 6 rings (SSSR count). The summed E-state index contributed by atoms with van der Waals surface area (Å²) < 4.78 is 12.3. The molecule has 4 aliphatic rings. The summed E-state index contributed by atoms with van der Waals surface area (Å²) in [6.45, 7) is 3.86. The molecular weight excluding hydrogens is 484 g/mol. The van der Waals surface area contributed by atoms with E-state index in [-0.39, 0.29) is 31.6 Å². The minimum Gasteiger partial charge on any atom is -0.465 e. The van der Waals surface area contributed by atoms with Gasteiger partial charge in [-0.1, -0.05) is 61.6 Å². The second kappa shape index (κ2) is 9.06. The standard InChI is InChI=1S/C30H32N2O6/c1-3-21(18-33)32-25-27(35)31(22-12-11-19-9-4-5-10-20(19)17-22)15-8-14-30(25)23(26(32)34)24-28(36)37-16-7-6-13-29(24,2)38-30/h4-6,8-14,17,21,23-25,33H,3,7,15-16,18H2,1-2H3/t21-,23-,24+,25?,29-,30-/m0/s1. The third kappa shape index (κ3) is 3.47. The molecule has 0 bridgehead atoms. The molecule has 0 radical (unpaired) electrons. The quantitative estimate of drug-likeness (QED) is 0.496. The van der Waals surface area contributed by atoms with Gasteiger partial charge >= 0.3 is 5.97 Å². The van der Waals surface area contributed by atoms with Gasteiger partial charge in [-0.15, -0.1) is 0 Å². The van der Waals surface area contributed by atoms with E-state index in [1.54, 1.807) is 17.9 Å². The van der Waals surface area contributed by atoms with Crippen LogP contribution < -0.4 is 4.90 Å². The highest BCUT2D eigenvalue weighted by molar-refractivity contribution is 6.06. The normalized spacial score (nSPS) is 33.3. The van der Waals surface area contributed by atoms with Gasteiger partial charge in [0.25, 0.3) is 5.91 Å². The summed E-state index contributed by atoms with van der Waals surface area (Å²) in [5.74, 6) is -3.04. The second-order valence-corrected chi connectivity index (χ2v) is 10.7. The number of carbonyl (C=O) groups is 3. The highest BCUT2D eigenvalue weighted by Gasteiger charge is 2.75. The number of aliphatic hydroxyl groups excluding tert-OH is 1. The topological polar surface area (TPSA) is 96.4 Å². The zero-order valence-electron chi connectivity index (χ0n) is 21.6. The molecule has 198 valence electrons. The fraction of sp³-hybridized carbons (Fsp3) is 0.433. The molecule has 2 saturated heterocycles. The summed E-state index contributed by atoms with van der Waals surface area (Å²) in [7, 11) is 0. The Kier molecular flexibility index (Phi) is 5.92. The molecule has 4 aliphatic heterocycles. The molecule has 4 heterocycles. The maximum Gasteiger partial charge on any atom is 0.313 e. The first-order valence-corrected chi connectivity index (χ1v) is 13.3. The average Bonchev–Trinajstić information content (AvgIpc) is 3.23. The van der Waals surface area contributed by atoms with Crippen LogP contribution in [0.4, 0.5) is 5.69 Å². The molecule has 6 atom stereocenters. The monoisotopic (exact) mass is 516 g/mol. The third-order valence-electron chi connectivity index (χ3n) is 8.58. The number of esters is 1. The number of rotatable bonds is 4. The number of amides is 2. The summed E-state index contributed by atoms with van der Waals surface area (Å²) in [4.78, 5) is 45.2. The molecule has 2 fully saturated rings. The van der Waals surface area contributed by atoms with Crippen molar-refractivity contribution in [2.24, 2.45) is 11.8 Å². The van der Waals surface area contributed by atoms with Crippen LogP contribution in [0.1, 0.15) is 26.7 Å². The molecule has 8 heteroatoms. The van der Waals surface area contributed by atoms with Crippen molar-refractivity contribution in [3.8, 4) is 0 Å². The first kappa shape index (κ1) is 24.8. The van der Waals surface area contributed by atoms with Gasteiger partial charge < -0.3 is 24.4 Å². The van der Waals surface area contributed by atoms with Gasteiger partial charge in [0.05, 0.1) is 30.8 Å². The van der Waals surface area contributed by atoms with Gasteiger partial charge in [0.15, 0.2) is 0 Å². The van der Waals surface area contributed by atoms with Crippen molar-refractivity contribution in [2.45, 2.75) is 50.0 Å². The van der Waals surface area contributed by atoms with Crippen LogP contribution in [-0.2, 0) is 23.9 Å². The number of cyclic esters (lactones) is 1. The number of hydrogen-bond acceptors (Lipinski definition) is 6. The zero-order valence-corrected chi connectivity index (χ0v) is 21.6. The van der Waals surface area contributed by atoms with Crippen LogP contribution in [0.2, 0.25) is 0 Å². The van der Waals surface area contributed by atoms with E-state index in [9.17, 15) is 19.5 Å². The van der Waals surface area contributed by atoms with E-state index in [1.165, 1.54) is 4.90 Å². The number of benzene rings is 2. The number of aliphatic hydroxyl groups is 1. The molecule has 0 aliphatic carbocycles. The van der Waals surface area contributed by atoms with Gasteiger partial charge in [0, 0.05) is 12.2 Å². The predicted octanol–water partition coefficient (Wildman–Crippen LogP) is 2.99. The van der Waals surface area contributed by atoms with Crippen molar-refractivity contribution in [1.29, 1.82) is 0 Å². The maximum absolute atomic E-state index is 14.5. The van der Waals surface area contributed by atoms with Gasteiger partial charge in [0.1, 0.15) is 17.6 Å². The van der Waals surface area contributed by atoms with Crippen molar-refractivity contribution >= 4 is 34.2 Å². The van der Waals surface area contributed by atoms with Gasteiger partial charge in [-0.05, 0) is 42.7 Å². The number of carbonyl (C=O) groups excluding carboxylic acids is 3. The molecule has 0 aromatic heterocycles. The van der Waals surface area contributed by atoms with E-state index in [0.29, 0.717) is 18.5 Å². The summed E-state index contributed by atoms with van der Waals surface area (Å²) in [6.07, 6.45) is 8.40. The minimum absolute atomic E-state index is 0.224. The van der Waals surface area contributed by atoms with Gasteiger partial charge in [-0.2, -0.15) is 0 Å². The van der Waals surface area contributed by atoms with E-state index in [4.69, 9.17) is 9.47 Å². The van der Waals surface area contributed by atoms with E-state index in [1.807, 2.05) is 67.6 Å². The Hall–Kier alpha value is -3.49. The Balaban J connectivity index is 1.50. The minimum atomic E-state index is -1.38. The summed E-state index contributed by atoms with van der Waals surface area (Å²) in [6, 6.07) is 12.1. The summed E-state index contributed by atoms with van der Waals surface area (Å²) in [5, 5.41) is 12.3. The fourth-order valence-electron chi connectivity index (χ4n) is 6.81. The van der Waals surface area contributed by atoms with E-state index < -0.39 is 41.1 Å². The van der Waals surface area contributed by atoms with Crippen molar-refractivity contribution in [2.75, 3.05) is 24.7 Å². The van der Waals surface area contributed by atoms with Crippen molar-refractivity contribution in [3.05, 3.63) is 66.8 Å². The molecule has 1 unspecified atom stereocenters. The maximum atomic E-state index is 14.5. The van der Waals surface area contributed by atoms with Crippen molar-refractivity contribution < 1.29 is 29.0 Å². The van der Waals surface area contributed by atoms with Gasteiger partial charge in [-0.25, -0.2) is 0 Å². The second-order valence-electron chi connectivity index (χ2n) is 10.7. The lowest BCUT2D eigenvalue weighted by molar-refractivity contribution is -0.160. The van der Waals surface area contributed by atoms with Crippen LogP contribution in [0, 0.1) is 11.8 Å². The Morgan fingerprint density at radius 2 is 1.82 bits per heavy atom. The average molecular weight is 517 g/mol. The van der Waals surface area contributed by atoms with Crippen LogP contribution in [0.15, 0.2) is 66.8 Å². The number of hydrogen-bond donors (Lipinski definition) is 1. The molecule has 2 aromatic rings. The largest absolute Gasteiger partial charge is 0.465 e. The lowest BCUT2D eigenvalue weighted by atomic mass is 9.74. The van der Waals surface area contributed by atoms with E-state index in [0.717, 1.165) is 10.8 Å². The smallest absolute Gasteiger partial charge is 0.313 e. The molecular formula is C30H32N2O6. The van der Waals surface area contributed by atoms with Crippen molar-refractivity contribution in [3.63, 3.8) is 0 Å². The fourth-order valence-corrected chi connectivity index (χ4v) is 6.81. The number of ether oxygens (including phenoxy) is 2. The molecule has 1 N–H and O–H groups in total. The highest BCUT2D eigenvalue weighted by atomic mass is 16.6. The first-order valence-electron chi connectivity index (χ1n) is 13.3. The van der Waals surface area contributed by atoms with Crippen LogP contribution in [0.25, 0.3) is 10.8 Å². The lowest BCUT2D eigenvalue weighted by Crippen LogP contribution is -2.58. The SMILES string of the molecule is CC[C@@H](CO)N1C(=O)[C@@H]2[C@@H]3C(=O)OCCC=C[C@]3(C)O[C@@]23C=CCN(c2ccc4ccccc4c2)C(=O)C13. The summed E-state index contributed by atoms with van der Waals surface area (Å²) >= 11 is 0. The third-order valence-corrected chi connectivity index (χ3v) is 8.58. The van der Waals surface area contributed by atoms with Crippen LogP contribution in [-0.4, -0.2) is 70.8 Å². The van der Waals surface area contributed by atoms with Gasteiger partial charge in [-0.3, -0.25) is 14.4 Å². The molecule has 38 heavy (non-hydrogen) atoms. The Bertz CT molecular complexity index is 1370. The molecule has 0 saturated carbocycles. The Morgan fingerprint density at radius 3 is 2.58 bits per heavy atom. The number of nitrogens with zero attached hydrogens (tertiary/aromatic N) is 2.